The largest absolute Gasteiger partial charge is 0.507 e. The van der Waals surface area contributed by atoms with Gasteiger partial charge in [0.25, 0.3) is 0 Å². The van der Waals surface area contributed by atoms with Gasteiger partial charge >= 0.3 is 0 Å². The summed E-state index contributed by atoms with van der Waals surface area (Å²) in [6.07, 6.45) is 1.78. The Balaban J connectivity index is 0.00000259. The summed E-state index contributed by atoms with van der Waals surface area (Å²) in [6, 6.07) is 34.3. The molecule has 2 heterocycles. The molecule has 0 amide bonds. The maximum atomic E-state index is 10.4. The van der Waals surface area contributed by atoms with Crippen LogP contribution >= 0.6 is 11.8 Å². The molecule has 33 heavy (non-hydrogen) atoms. The minimum atomic E-state index is 0. The number of hydrogen-bond acceptors (Lipinski definition) is 5. The van der Waals surface area contributed by atoms with E-state index in [9.17, 15) is 5.11 Å². The van der Waals surface area contributed by atoms with Crippen LogP contribution in [0.25, 0.3) is 33.9 Å². The number of phenolic OH excluding ortho intramolecular Hbond substituents is 1. The van der Waals surface area contributed by atoms with Gasteiger partial charge in [-0.05, 0) is 35.5 Å². The van der Waals surface area contributed by atoms with Gasteiger partial charge < -0.3 is 5.11 Å². The zero-order valence-electron chi connectivity index (χ0n) is 17.3. The second-order valence-corrected chi connectivity index (χ2v) is 8.11. The molecule has 1 N–H and O–H groups in total. The van der Waals surface area contributed by atoms with Gasteiger partial charge in [0, 0.05) is 27.3 Å². The van der Waals surface area contributed by atoms with Crippen LogP contribution < -0.4 is 0 Å². The van der Waals surface area contributed by atoms with E-state index in [1.54, 1.807) is 30.1 Å². The zero-order chi connectivity index (χ0) is 21.8. The van der Waals surface area contributed by atoms with Gasteiger partial charge in [0.05, 0.1) is 16.3 Å². The fourth-order valence-corrected chi connectivity index (χ4v) is 4.10. The fourth-order valence-electron chi connectivity index (χ4n) is 3.30. The van der Waals surface area contributed by atoms with Crippen molar-refractivity contribution in [1.82, 2.24) is 15.0 Å². The molecule has 0 spiro atoms. The van der Waals surface area contributed by atoms with Crippen molar-refractivity contribution in [2.75, 3.05) is 0 Å². The van der Waals surface area contributed by atoms with Gasteiger partial charge in [0.15, 0.2) is 5.82 Å². The summed E-state index contributed by atoms with van der Waals surface area (Å²) in [5, 5.41) is 11.3. The zero-order valence-corrected chi connectivity index (χ0v) is 20.4. The monoisotopic (exact) mass is 627 g/mol. The van der Waals surface area contributed by atoms with Crippen molar-refractivity contribution >= 4 is 11.8 Å². The third-order valence-corrected chi connectivity index (χ3v) is 5.75. The molecule has 5 aromatic rings. The van der Waals surface area contributed by atoms with Crippen LogP contribution in [0.2, 0.25) is 0 Å². The Kier molecular flexibility index (Phi) is 7.33. The first-order valence-electron chi connectivity index (χ1n) is 10.1. The number of nitrogens with zero attached hydrogens (tertiary/aromatic N) is 3. The molecule has 0 aliphatic heterocycles. The molecule has 164 valence electrons. The Bertz CT molecular complexity index is 1360. The van der Waals surface area contributed by atoms with Crippen molar-refractivity contribution in [3.63, 3.8) is 0 Å². The third kappa shape index (κ3) is 5.39. The second-order valence-electron chi connectivity index (χ2n) is 7.04. The van der Waals surface area contributed by atoms with Gasteiger partial charge in [-0.1, -0.05) is 71.3 Å². The Labute approximate surface area is 211 Å². The van der Waals surface area contributed by atoms with Gasteiger partial charge in [0.2, 0.25) is 0 Å². The average molecular weight is 628 g/mol. The molecule has 0 saturated carbocycles. The first-order valence-corrected chi connectivity index (χ1v) is 10.9. The number of pyridine rings is 1. The van der Waals surface area contributed by atoms with Gasteiger partial charge in [-0.3, -0.25) is 4.98 Å². The van der Waals surface area contributed by atoms with Crippen molar-refractivity contribution in [2.24, 2.45) is 0 Å². The predicted octanol–water partition coefficient (Wildman–Crippen LogP) is 6.53. The molecule has 4 nitrogen and oxygen atoms in total. The summed E-state index contributed by atoms with van der Waals surface area (Å²) in [5.74, 6) is 0.614. The molecule has 0 aliphatic rings. The minimum absolute atomic E-state index is 0. The quantitative estimate of drug-likeness (QED) is 0.225. The number of aromatic nitrogens is 3. The van der Waals surface area contributed by atoms with E-state index in [1.165, 1.54) is 0 Å². The topological polar surface area (TPSA) is 58.9 Å². The molecule has 6 heteroatoms. The Morgan fingerprint density at radius 2 is 1.48 bits per heavy atom. The Morgan fingerprint density at radius 3 is 2.27 bits per heavy atom. The van der Waals surface area contributed by atoms with Crippen LogP contribution in [-0.4, -0.2) is 20.1 Å². The molecular formula is C27H18N3OPtS-. The van der Waals surface area contributed by atoms with E-state index < -0.39 is 0 Å². The van der Waals surface area contributed by atoms with E-state index >= 15 is 0 Å². The van der Waals surface area contributed by atoms with E-state index in [0.29, 0.717) is 11.4 Å². The van der Waals surface area contributed by atoms with Crippen LogP contribution in [0.5, 0.6) is 5.75 Å². The smallest absolute Gasteiger partial charge is 0.154 e. The standard InChI is InChI=1S/C27H18N3OS.Pt/c31-25-14-5-4-13-22(25)27-29-23(19-9-2-1-3-10-19)18-24(30-27)20-11-8-12-21(17-20)32-26-15-6-7-16-28-26;/h1-16,18,31H;/q-1;. The molecule has 0 saturated heterocycles. The number of phenols is 1. The van der Waals surface area contributed by atoms with Crippen LogP contribution in [0, 0.1) is 6.07 Å². The van der Waals surface area contributed by atoms with Gasteiger partial charge in [-0.15, -0.1) is 29.8 Å². The Hall–Kier alpha value is -3.27. The summed E-state index contributed by atoms with van der Waals surface area (Å²) in [6.45, 7) is 0. The SMILES string of the molecule is Oc1ccccc1-c1nc(-c2[c-]c(Sc3ccccn3)ccc2)cc(-c2ccccc2)n1.[Pt]. The minimum Gasteiger partial charge on any atom is -0.507 e. The van der Waals surface area contributed by atoms with Gasteiger partial charge in [-0.25, -0.2) is 9.97 Å². The summed E-state index contributed by atoms with van der Waals surface area (Å²) < 4.78 is 0. The number of para-hydroxylation sites is 1. The van der Waals surface area contributed by atoms with Crippen LogP contribution in [0.1, 0.15) is 0 Å². The molecule has 5 rings (SSSR count). The van der Waals surface area contributed by atoms with E-state index in [4.69, 9.17) is 9.97 Å². The van der Waals surface area contributed by atoms with Crippen molar-refractivity contribution < 1.29 is 26.2 Å². The van der Waals surface area contributed by atoms with Crippen molar-refractivity contribution in [3.8, 4) is 39.7 Å². The van der Waals surface area contributed by atoms with E-state index in [2.05, 4.69) is 11.1 Å². The predicted molar refractivity (Wildman–Crippen MR) is 127 cm³/mol. The normalized spacial score (nSPS) is 10.4. The number of aromatic hydroxyl groups is 1. The van der Waals surface area contributed by atoms with E-state index in [1.807, 2.05) is 84.9 Å². The number of benzene rings is 3. The fraction of sp³-hybridized carbons (Fsp3) is 0. The van der Waals surface area contributed by atoms with Crippen LogP contribution in [0.3, 0.4) is 0 Å². The molecule has 0 bridgehead atoms. The average Bonchev–Trinajstić information content (AvgIpc) is 2.85. The Morgan fingerprint density at radius 1 is 0.727 bits per heavy atom. The molecule has 3 aromatic carbocycles. The molecule has 0 unspecified atom stereocenters. The summed E-state index contributed by atoms with van der Waals surface area (Å²) in [7, 11) is 0. The van der Waals surface area contributed by atoms with Crippen LogP contribution in [-0.2, 0) is 21.1 Å². The van der Waals surface area contributed by atoms with Crippen molar-refractivity contribution in [1.29, 1.82) is 0 Å². The van der Waals surface area contributed by atoms with E-state index in [-0.39, 0.29) is 26.8 Å². The van der Waals surface area contributed by atoms with Crippen LogP contribution in [0.4, 0.5) is 0 Å². The number of rotatable bonds is 5. The third-order valence-electron chi connectivity index (χ3n) is 4.84. The summed E-state index contributed by atoms with van der Waals surface area (Å²) in [5.41, 5.74) is 3.94. The maximum absolute atomic E-state index is 10.4. The molecule has 0 atom stereocenters. The molecule has 2 aromatic heterocycles. The summed E-state index contributed by atoms with van der Waals surface area (Å²) in [4.78, 5) is 14.9. The summed E-state index contributed by atoms with van der Waals surface area (Å²) >= 11 is 1.55. The van der Waals surface area contributed by atoms with E-state index in [0.717, 1.165) is 32.4 Å². The molecule has 0 radical (unpaired) electrons. The van der Waals surface area contributed by atoms with Gasteiger partial charge in [0.1, 0.15) is 5.75 Å². The number of hydrogen-bond donors (Lipinski definition) is 1. The first kappa shape index (κ1) is 22.9. The molecule has 0 fully saturated rings. The molecule has 0 aliphatic carbocycles. The maximum Gasteiger partial charge on any atom is 0.154 e. The van der Waals surface area contributed by atoms with Crippen molar-refractivity contribution in [2.45, 2.75) is 9.92 Å². The first-order chi connectivity index (χ1) is 15.8. The molecular weight excluding hydrogens is 609 g/mol. The van der Waals surface area contributed by atoms with Gasteiger partial charge in [-0.2, -0.15) is 0 Å². The van der Waals surface area contributed by atoms with Crippen LogP contribution in [0.15, 0.2) is 113 Å². The second kappa shape index (κ2) is 10.6. The van der Waals surface area contributed by atoms with Crippen molar-refractivity contribution in [3.05, 3.63) is 109 Å².